The van der Waals surface area contributed by atoms with Crippen LogP contribution in [-0.4, -0.2) is 0 Å². The maximum absolute atomic E-state index is 13.5. The SMILES string of the molecule is CCCCCC1CCC(c2ccc(C#Cc3ccc(Cl)c(F)c3)cc2)CC1. The van der Waals surface area contributed by atoms with Gasteiger partial charge in [0.2, 0.25) is 0 Å². The van der Waals surface area contributed by atoms with E-state index < -0.39 is 5.82 Å². The highest BCUT2D eigenvalue weighted by Crippen LogP contribution is 2.37. The minimum Gasteiger partial charge on any atom is -0.205 e. The molecule has 0 aromatic heterocycles. The first-order valence-electron chi connectivity index (χ1n) is 10.2. The van der Waals surface area contributed by atoms with Crippen molar-refractivity contribution in [1.82, 2.24) is 0 Å². The van der Waals surface area contributed by atoms with Crippen molar-refractivity contribution in [3.8, 4) is 11.8 Å². The van der Waals surface area contributed by atoms with Crippen LogP contribution >= 0.6 is 11.6 Å². The van der Waals surface area contributed by atoms with Crippen molar-refractivity contribution in [2.45, 2.75) is 64.2 Å². The van der Waals surface area contributed by atoms with E-state index in [4.69, 9.17) is 11.6 Å². The van der Waals surface area contributed by atoms with Gasteiger partial charge < -0.3 is 0 Å². The van der Waals surface area contributed by atoms with E-state index >= 15 is 0 Å². The first kappa shape index (κ1) is 20.0. The van der Waals surface area contributed by atoms with Crippen molar-refractivity contribution in [3.05, 3.63) is 70.0 Å². The zero-order chi connectivity index (χ0) is 19.1. The molecule has 0 atom stereocenters. The third-order valence-electron chi connectivity index (χ3n) is 5.72. The van der Waals surface area contributed by atoms with Gasteiger partial charge in [-0.3, -0.25) is 0 Å². The van der Waals surface area contributed by atoms with E-state index in [1.54, 1.807) is 12.1 Å². The van der Waals surface area contributed by atoms with Gasteiger partial charge in [-0.25, -0.2) is 4.39 Å². The minimum absolute atomic E-state index is 0.130. The second-order valence-electron chi connectivity index (χ2n) is 7.71. The summed E-state index contributed by atoms with van der Waals surface area (Å²) in [5.74, 6) is 7.33. The maximum Gasteiger partial charge on any atom is 0.143 e. The summed E-state index contributed by atoms with van der Waals surface area (Å²) in [5, 5.41) is 0.130. The van der Waals surface area contributed by atoms with Gasteiger partial charge in [-0.15, -0.1) is 0 Å². The Morgan fingerprint density at radius 2 is 1.59 bits per heavy atom. The van der Waals surface area contributed by atoms with Crippen molar-refractivity contribution < 1.29 is 4.39 Å². The lowest BCUT2D eigenvalue weighted by atomic mass is 9.77. The molecule has 1 aliphatic carbocycles. The lowest BCUT2D eigenvalue weighted by Gasteiger charge is -2.29. The monoisotopic (exact) mass is 382 g/mol. The molecular formula is C25H28ClF. The highest BCUT2D eigenvalue weighted by atomic mass is 35.5. The van der Waals surface area contributed by atoms with Crippen LogP contribution in [0.3, 0.4) is 0 Å². The van der Waals surface area contributed by atoms with Crippen LogP contribution in [0.5, 0.6) is 0 Å². The zero-order valence-electron chi connectivity index (χ0n) is 16.1. The Balaban J connectivity index is 1.55. The first-order chi connectivity index (χ1) is 13.2. The van der Waals surface area contributed by atoms with Gasteiger partial charge in [-0.1, -0.05) is 68.2 Å². The molecule has 1 saturated carbocycles. The molecule has 0 aliphatic heterocycles. The molecule has 0 saturated heterocycles. The second-order valence-corrected chi connectivity index (χ2v) is 8.12. The Kier molecular flexibility index (Phi) is 7.36. The second kappa shape index (κ2) is 9.95. The topological polar surface area (TPSA) is 0 Å². The number of hydrogen-bond acceptors (Lipinski definition) is 0. The summed E-state index contributed by atoms with van der Waals surface area (Å²) in [4.78, 5) is 0. The lowest BCUT2D eigenvalue weighted by Crippen LogP contribution is -2.13. The smallest absolute Gasteiger partial charge is 0.143 e. The molecule has 1 fully saturated rings. The number of benzene rings is 2. The molecule has 27 heavy (non-hydrogen) atoms. The molecule has 2 aromatic rings. The van der Waals surface area contributed by atoms with Gasteiger partial charge >= 0.3 is 0 Å². The van der Waals surface area contributed by atoms with Crippen LogP contribution in [0, 0.1) is 23.6 Å². The molecule has 0 N–H and O–H groups in total. The third kappa shape index (κ3) is 5.85. The Hall–Kier alpha value is -1.78. The molecule has 142 valence electrons. The summed E-state index contributed by atoms with van der Waals surface area (Å²) < 4.78 is 13.5. The first-order valence-corrected chi connectivity index (χ1v) is 10.6. The van der Waals surface area contributed by atoms with Crippen molar-refractivity contribution in [2.75, 3.05) is 0 Å². The van der Waals surface area contributed by atoms with Gasteiger partial charge in [-0.05, 0) is 73.4 Å². The molecule has 2 aromatic carbocycles. The van der Waals surface area contributed by atoms with Gasteiger partial charge in [0.15, 0.2) is 0 Å². The molecule has 0 amide bonds. The van der Waals surface area contributed by atoms with Crippen molar-refractivity contribution in [3.63, 3.8) is 0 Å². The van der Waals surface area contributed by atoms with Crippen LogP contribution in [0.15, 0.2) is 42.5 Å². The van der Waals surface area contributed by atoms with Gasteiger partial charge in [0.1, 0.15) is 5.82 Å². The summed E-state index contributed by atoms with van der Waals surface area (Å²) in [7, 11) is 0. The Bertz CT molecular complexity index is 789. The van der Waals surface area contributed by atoms with Crippen LogP contribution in [0.1, 0.15) is 80.9 Å². The normalized spacial score (nSPS) is 19.4. The molecular weight excluding hydrogens is 355 g/mol. The van der Waals surface area contributed by atoms with E-state index in [-0.39, 0.29) is 5.02 Å². The summed E-state index contributed by atoms with van der Waals surface area (Å²) in [6, 6.07) is 13.3. The maximum atomic E-state index is 13.5. The van der Waals surface area contributed by atoms with Crippen molar-refractivity contribution in [1.29, 1.82) is 0 Å². The largest absolute Gasteiger partial charge is 0.205 e. The molecule has 0 nitrogen and oxygen atoms in total. The molecule has 2 heteroatoms. The summed E-state index contributed by atoms with van der Waals surface area (Å²) in [6.07, 6.45) is 10.9. The Labute approximate surface area is 168 Å². The predicted octanol–water partition coefficient (Wildman–Crippen LogP) is 7.73. The highest BCUT2D eigenvalue weighted by molar-refractivity contribution is 6.30. The standard InChI is InChI=1S/C25H28ClF/c1-2-3-4-5-19-8-13-22(14-9-19)23-15-10-20(11-16-23)6-7-21-12-17-24(26)25(27)18-21/h10-12,15-19,22H,2-5,8-9,13-14H2,1H3. The van der Waals surface area contributed by atoms with Gasteiger partial charge in [0.25, 0.3) is 0 Å². The van der Waals surface area contributed by atoms with E-state index in [1.165, 1.54) is 63.0 Å². The van der Waals surface area contributed by atoms with E-state index in [9.17, 15) is 4.39 Å². The lowest BCUT2D eigenvalue weighted by molar-refractivity contribution is 0.303. The number of rotatable bonds is 5. The molecule has 0 spiro atoms. The van der Waals surface area contributed by atoms with Crippen molar-refractivity contribution >= 4 is 11.6 Å². The number of hydrogen-bond donors (Lipinski definition) is 0. The number of unbranched alkanes of at least 4 members (excludes halogenated alkanes) is 2. The van der Waals surface area contributed by atoms with Crippen LogP contribution in [0.4, 0.5) is 4.39 Å². The fourth-order valence-corrected chi connectivity index (χ4v) is 4.14. The average molecular weight is 383 g/mol. The molecule has 0 bridgehead atoms. The quantitative estimate of drug-likeness (QED) is 0.366. The molecule has 0 heterocycles. The zero-order valence-corrected chi connectivity index (χ0v) is 16.9. The van der Waals surface area contributed by atoms with E-state index in [2.05, 4.69) is 43.0 Å². The van der Waals surface area contributed by atoms with E-state index in [0.29, 0.717) is 11.5 Å². The Morgan fingerprint density at radius 1 is 0.926 bits per heavy atom. The van der Waals surface area contributed by atoms with Crippen LogP contribution in [-0.2, 0) is 0 Å². The molecule has 3 rings (SSSR count). The summed E-state index contributed by atoms with van der Waals surface area (Å²) in [6.45, 7) is 2.28. The van der Waals surface area contributed by atoms with Crippen LogP contribution in [0.2, 0.25) is 5.02 Å². The number of halogens is 2. The van der Waals surface area contributed by atoms with Gasteiger partial charge in [-0.2, -0.15) is 0 Å². The Morgan fingerprint density at radius 3 is 2.26 bits per heavy atom. The summed E-state index contributed by atoms with van der Waals surface area (Å²) >= 11 is 5.71. The van der Waals surface area contributed by atoms with Crippen LogP contribution < -0.4 is 0 Å². The highest BCUT2D eigenvalue weighted by Gasteiger charge is 2.21. The molecule has 1 aliphatic rings. The third-order valence-corrected chi connectivity index (χ3v) is 6.02. The van der Waals surface area contributed by atoms with Gasteiger partial charge in [0.05, 0.1) is 5.02 Å². The van der Waals surface area contributed by atoms with E-state index in [1.807, 2.05) is 0 Å². The minimum atomic E-state index is -0.427. The molecule has 0 radical (unpaired) electrons. The molecule has 0 unspecified atom stereocenters. The summed E-state index contributed by atoms with van der Waals surface area (Å²) in [5.41, 5.74) is 3.04. The van der Waals surface area contributed by atoms with Crippen LogP contribution in [0.25, 0.3) is 0 Å². The van der Waals surface area contributed by atoms with Crippen molar-refractivity contribution in [2.24, 2.45) is 5.92 Å². The van der Waals surface area contributed by atoms with E-state index in [0.717, 1.165) is 11.5 Å². The fraction of sp³-hybridized carbons (Fsp3) is 0.440. The van der Waals surface area contributed by atoms with Gasteiger partial charge in [0, 0.05) is 11.1 Å². The average Bonchev–Trinajstić information content (AvgIpc) is 2.70. The predicted molar refractivity (Wildman–Crippen MR) is 113 cm³/mol. The fourth-order valence-electron chi connectivity index (χ4n) is 4.02.